The molecular weight excluding hydrogens is 401 g/mol. The maximum Gasteiger partial charge on any atom is 0.429 e. The van der Waals surface area contributed by atoms with Crippen LogP contribution >= 0.6 is 0 Å². The first-order valence-corrected chi connectivity index (χ1v) is 10.8. The fourth-order valence-corrected chi connectivity index (χ4v) is 3.73. The van der Waals surface area contributed by atoms with E-state index in [4.69, 9.17) is 9.47 Å². The van der Waals surface area contributed by atoms with E-state index in [1.165, 1.54) is 12.1 Å². The van der Waals surface area contributed by atoms with Crippen molar-refractivity contribution in [2.24, 2.45) is 5.92 Å². The quantitative estimate of drug-likeness (QED) is 0.201. The first kappa shape index (κ1) is 25.0. The van der Waals surface area contributed by atoms with Gasteiger partial charge in [0.1, 0.15) is 11.6 Å². The number of hydrogen-bond acceptors (Lipinski definition) is 2. The van der Waals surface area contributed by atoms with Gasteiger partial charge in [0.15, 0.2) is 0 Å². The molecule has 2 unspecified atom stereocenters. The minimum absolute atomic E-state index is 0.0437. The molecule has 0 saturated heterocycles. The van der Waals surface area contributed by atoms with E-state index < -0.39 is 17.5 Å². The highest BCUT2D eigenvalue weighted by Crippen LogP contribution is 2.37. The molecule has 0 aliphatic heterocycles. The molecule has 170 valence electrons. The highest BCUT2D eigenvalue weighted by atomic mass is 19.3. The monoisotopic (exact) mass is 434 g/mol. The molecular formula is C26H33F3O2. The van der Waals surface area contributed by atoms with E-state index in [0.29, 0.717) is 30.9 Å². The van der Waals surface area contributed by atoms with Gasteiger partial charge in [0, 0.05) is 13.0 Å². The zero-order valence-corrected chi connectivity index (χ0v) is 18.7. The third-order valence-corrected chi connectivity index (χ3v) is 5.77. The highest BCUT2D eigenvalue weighted by molar-refractivity contribution is 5.34. The Labute approximate surface area is 184 Å². The lowest BCUT2D eigenvalue weighted by Gasteiger charge is -2.24. The number of hydrogen-bond donors (Lipinski definition) is 0. The first-order valence-electron chi connectivity index (χ1n) is 10.8. The second-order valence-electron chi connectivity index (χ2n) is 7.93. The number of ether oxygens (including phenoxy) is 2. The summed E-state index contributed by atoms with van der Waals surface area (Å²) in [5, 5.41) is 0. The molecule has 2 nitrogen and oxygen atoms in total. The summed E-state index contributed by atoms with van der Waals surface area (Å²) < 4.78 is 53.9. The molecule has 0 radical (unpaired) electrons. The van der Waals surface area contributed by atoms with E-state index in [9.17, 15) is 13.2 Å². The number of allylic oxidation sites excluding steroid dienone is 4. The molecule has 1 aromatic carbocycles. The van der Waals surface area contributed by atoms with Gasteiger partial charge in [0.2, 0.25) is 0 Å². The average Bonchev–Trinajstić information content (AvgIpc) is 2.75. The van der Waals surface area contributed by atoms with Crippen LogP contribution in [0, 0.1) is 11.7 Å². The summed E-state index contributed by atoms with van der Waals surface area (Å²) in [6, 6.07) is 3.85. The molecule has 5 heteroatoms. The SMILES string of the molecule is C=C(/C=C(/CCOC)C(=C)CC)OC(F)(F)c1ccc(C2C=CC(CC)CC2)cc1F. The van der Waals surface area contributed by atoms with Crippen molar-refractivity contribution in [3.05, 3.63) is 83.4 Å². The van der Waals surface area contributed by atoms with Crippen molar-refractivity contribution < 1.29 is 22.6 Å². The van der Waals surface area contributed by atoms with Crippen molar-refractivity contribution in [2.75, 3.05) is 13.7 Å². The van der Waals surface area contributed by atoms with Crippen LogP contribution in [0.4, 0.5) is 13.2 Å². The van der Waals surface area contributed by atoms with Gasteiger partial charge in [-0.2, -0.15) is 8.78 Å². The Kier molecular flexibility index (Phi) is 9.17. The van der Waals surface area contributed by atoms with Crippen molar-refractivity contribution in [2.45, 2.75) is 58.0 Å². The van der Waals surface area contributed by atoms with Gasteiger partial charge in [-0.3, -0.25) is 0 Å². The van der Waals surface area contributed by atoms with Gasteiger partial charge in [-0.1, -0.05) is 50.8 Å². The summed E-state index contributed by atoms with van der Waals surface area (Å²) in [4.78, 5) is 0. The zero-order valence-electron chi connectivity index (χ0n) is 18.7. The lowest BCUT2D eigenvalue weighted by molar-refractivity contribution is -0.222. The standard InChI is InChI=1S/C26H33F3O2/c1-6-18(3)22(14-15-30-5)16-19(4)31-26(28,29)24-13-12-23(17-25(24)27)21-10-8-20(7-2)9-11-21/h8,10,12-13,16-17,20-21H,3-4,6-7,9,11,14-15H2,1-2,5H3/b22-16-. The molecule has 0 aromatic heterocycles. The van der Waals surface area contributed by atoms with Gasteiger partial charge in [0.05, 0.1) is 12.2 Å². The molecule has 0 saturated carbocycles. The predicted molar refractivity (Wildman–Crippen MR) is 119 cm³/mol. The zero-order chi connectivity index (χ0) is 23.0. The Morgan fingerprint density at radius 2 is 1.94 bits per heavy atom. The van der Waals surface area contributed by atoms with Crippen molar-refractivity contribution in [1.29, 1.82) is 0 Å². The van der Waals surface area contributed by atoms with Crippen LogP contribution in [0.1, 0.15) is 63.0 Å². The molecule has 0 amide bonds. The summed E-state index contributed by atoms with van der Waals surface area (Å²) >= 11 is 0. The second kappa shape index (κ2) is 11.4. The predicted octanol–water partition coefficient (Wildman–Crippen LogP) is 7.79. The molecule has 31 heavy (non-hydrogen) atoms. The van der Waals surface area contributed by atoms with E-state index >= 15 is 0 Å². The van der Waals surface area contributed by atoms with Crippen LogP contribution in [0.2, 0.25) is 0 Å². The lowest BCUT2D eigenvalue weighted by Crippen LogP contribution is -2.19. The summed E-state index contributed by atoms with van der Waals surface area (Å²) in [7, 11) is 1.56. The topological polar surface area (TPSA) is 18.5 Å². The maximum absolute atomic E-state index is 14.7. The van der Waals surface area contributed by atoms with E-state index in [-0.39, 0.29) is 11.7 Å². The van der Waals surface area contributed by atoms with Crippen molar-refractivity contribution >= 4 is 0 Å². The molecule has 0 fully saturated rings. The van der Waals surface area contributed by atoms with Gasteiger partial charge in [0.25, 0.3) is 0 Å². The maximum atomic E-state index is 14.7. The lowest BCUT2D eigenvalue weighted by atomic mass is 9.83. The molecule has 0 N–H and O–H groups in total. The average molecular weight is 435 g/mol. The summed E-state index contributed by atoms with van der Waals surface area (Å²) in [5.74, 6) is -0.658. The third kappa shape index (κ3) is 6.86. The number of alkyl halides is 2. The minimum Gasteiger partial charge on any atom is -0.429 e. The van der Waals surface area contributed by atoms with Gasteiger partial charge in [-0.15, -0.1) is 0 Å². The van der Waals surface area contributed by atoms with Gasteiger partial charge < -0.3 is 9.47 Å². The van der Waals surface area contributed by atoms with Crippen molar-refractivity contribution in [1.82, 2.24) is 0 Å². The number of benzene rings is 1. The minimum atomic E-state index is -3.84. The number of rotatable bonds is 11. The third-order valence-electron chi connectivity index (χ3n) is 5.77. The van der Waals surface area contributed by atoms with Crippen LogP contribution in [0.15, 0.2) is 66.5 Å². The van der Waals surface area contributed by atoms with Crippen LogP contribution in [-0.2, 0) is 15.6 Å². The largest absolute Gasteiger partial charge is 0.429 e. The first-order chi connectivity index (χ1) is 14.7. The van der Waals surface area contributed by atoms with Gasteiger partial charge in [-0.05, 0) is 67.4 Å². The molecule has 0 spiro atoms. The van der Waals surface area contributed by atoms with Crippen molar-refractivity contribution in [3.63, 3.8) is 0 Å². The molecule has 1 aromatic rings. The van der Waals surface area contributed by atoms with Gasteiger partial charge in [-0.25, -0.2) is 4.39 Å². The Bertz CT molecular complexity index is 839. The van der Waals surface area contributed by atoms with E-state index in [2.05, 4.69) is 32.2 Å². The van der Waals surface area contributed by atoms with Gasteiger partial charge >= 0.3 is 6.11 Å². The number of methoxy groups -OCH3 is 1. The van der Waals surface area contributed by atoms with Crippen LogP contribution in [0.3, 0.4) is 0 Å². The number of halogens is 3. The fraction of sp³-hybridized carbons (Fsp3) is 0.462. The van der Waals surface area contributed by atoms with Crippen LogP contribution in [0.25, 0.3) is 0 Å². The summed E-state index contributed by atoms with van der Waals surface area (Å²) in [6.45, 7) is 12.0. The van der Waals surface area contributed by atoms with E-state index in [0.717, 1.165) is 36.5 Å². The smallest absolute Gasteiger partial charge is 0.429 e. The Hall–Kier alpha value is -2.27. The fourth-order valence-electron chi connectivity index (χ4n) is 3.73. The van der Waals surface area contributed by atoms with Crippen LogP contribution in [-0.4, -0.2) is 13.7 Å². The molecule has 0 heterocycles. The Morgan fingerprint density at radius 3 is 2.48 bits per heavy atom. The second-order valence-corrected chi connectivity index (χ2v) is 7.93. The molecule has 1 aliphatic carbocycles. The Morgan fingerprint density at radius 1 is 1.19 bits per heavy atom. The Balaban J connectivity index is 2.16. The molecule has 1 aliphatic rings. The van der Waals surface area contributed by atoms with E-state index in [1.54, 1.807) is 13.2 Å². The highest BCUT2D eigenvalue weighted by Gasteiger charge is 2.38. The van der Waals surface area contributed by atoms with Crippen LogP contribution < -0.4 is 0 Å². The van der Waals surface area contributed by atoms with E-state index in [1.807, 2.05) is 6.92 Å². The van der Waals surface area contributed by atoms with Crippen LogP contribution in [0.5, 0.6) is 0 Å². The van der Waals surface area contributed by atoms with Crippen molar-refractivity contribution in [3.8, 4) is 0 Å². The summed E-state index contributed by atoms with van der Waals surface area (Å²) in [5.41, 5.74) is 1.40. The summed E-state index contributed by atoms with van der Waals surface area (Å²) in [6.07, 6.45) is 5.88. The molecule has 0 bridgehead atoms. The molecule has 2 atom stereocenters. The molecule has 2 rings (SSSR count). The normalized spacial score (nSPS) is 19.4.